The molecule has 2 aromatic carbocycles. The second-order valence-electron chi connectivity index (χ2n) is 10.3. The molecule has 1 fully saturated rings. The molecular weight excluding hydrogens is 538 g/mol. The smallest absolute Gasteiger partial charge is 0.415 e. The third-order valence-corrected chi connectivity index (χ3v) is 6.93. The van der Waals surface area contributed by atoms with Crippen molar-refractivity contribution in [2.45, 2.75) is 90.4 Å². The minimum absolute atomic E-state index is 0.355. The van der Waals surface area contributed by atoms with Crippen molar-refractivity contribution in [3.63, 3.8) is 0 Å². The summed E-state index contributed by atoms with van der Waals surface area (Å²) < 4.78 is 22.1. The first-order valence-electron chi connectivity index (χ1n) is 15.2. The monoisotopic (exact) mass is 583 g/mol. The van der Waals surface area contributed by atoms with Crippen LogP contribution in [0.4, 0.5) is 14.4 Å². The third kappa shape index (κ3) is 12.3. The molecule has 1 aliphatic rings. The number of nitrogens with one attached hydrogen (secondary N) is 2. The van der Waals surface area contributed by atoms with Crippen molar-refractivity contribution in [1.82, 2.24) is 15.5 Å². The molecule has 42 heavy (non-hydrogen) atoms. The van der Waals surface area contributed by atoms with Gasteiger partial charge in [-0.25, -0.2) is 14.4 Å². The molecule has 1 atom stereocenters. The van der Waals surface area contributed by atoms with E-state index in [-0.39, 0.29) is 6.10 Å². The normalized spacial score (nSPS) is 14.0. The summed E-state index contributed by atoms with van der Waals surface area (Å²) in [5, 5.41) is 5.34. The van der Waals surface area contributed by atoms with Crippen LogP contribution in [0, 0.1) is 0 Å². The van der Waals surface area contributed by atoms with E-state index >= 15 is 0 Å². The van der Waals surface area contributed by atoms with Gasteiger partial charge in [0.1, 0.15) is 23.4 Å². The summed E-state index contributed by atoms with van der Waals surface area (Å²) in [6, 6.07) is 16.2. The van der Waals surface area contributed by atoms with E-state index in [2.05, 4.69) is 17.6 Å². The van der Waals surface area contributed by atoms with Crippen molar-refractivity contribution in [2.24, 2.45) is 0 Å². The number of likely N-dealkylation sites (tertiary alicyclic amines) is 1. The van der Waals surface area contributed by atoms with Crippen molar-refractivity contribution in [2.75, 3.05) is 19.6 Å². The molecule has 1 heterocycles. The molecule has 1 unspecified atom stereocenters. The molecule has 2 N–H and O–H groups in total. The zero-order valence-electron chi connectivity index (χ0n) is 24.8. The lowest BCUT2D eigenvalue weighted by atomic mass is 10.1. The first kappa shape index (κ1) is 32.6. The van der Waals surface area contributed by atoms with Crippen LogP contribution in [0.1, 0.15) is 78.1 Å². The Balaban J connectivity index is 1.29. The van der Waals surface area contributed by atoms with Crippen LogP contribution in [0.15, 0.2) is 54.6 Å². The highest BCUT2D eigenvalue weighted by molar-refractivity contribution is 5.71. The lowest BCUT2D eigenvalue weighted by molar-refractivity contribution is 0.0328. The van der Waals surface area contributed by atoms with Gasteiger partial charge in [-0.2, -0.15) is 0 Å². The van der Waals surface area contributed by atoms with Gasteiger partial charge in [0.2, 0.25) is 0 Å². The third-order valence-electron chi connectivity index (χ3n) is 6.93. The second kappa shape index (κ2) is 18.5. The molecule has 0 bridgehead atoms. The van der Waals surface area contributed by atoms with Crippen LogP contribution in [0.3, 0.4) is 0 Å². The van der Waals surface area contributed by atoms with Gasteiger partial charge in [0.15, 0.2) is 6.23 Å². The number of amides is 3. The summed E-state index contributed by atoms with van der Waals surface area (Å²) in [6.45, 7) is 5.33. The van der Waals surface area contributed by atoms with Crippen LogP contribution in [0.2, 0.25) is 0 Å². The number of alkyl carbamates (subject to hydrolysis) is 2. The molecule has 0 spiro atoms. The topological polar surface area (TPSA) is 115 Å². The number of hydrogen-bond acceptors (Lipinski definition) is 7. The van der Waals surface area contributed by atoms with E-state index in [0.29, 0.717) is 50.4 Å². The molecule has 3 amide bonds. The average Bonchev–Trinajstić information content (AvgIpc) is 3.00. The first-order chi connectivity index (χ1) is 20.5. The number of carbonyl (C=O) groups excluding carboxylic acids is 3. The van der Waals surface area contributed by atoms with E-state index in [1.807, 2.05) is 37.3 Å². The van der Waals surface area contributed by atoms with Gasteiger partial charge in [-0.3, -0.25) is 5.32 Å². The molecule has 230 valence electrons. The van der Waals surface area contributed by atoms with Crippen molar-refractivity contribution >= 4 is 18.3 Å². The van der Waals surface area contributed by atoms with Crippen LogP contribution in [-0.4, -0.2) is 55.1 Å². The Morgan fingerprint density at radius 1 is 0.810 bits per heavy atom. The number of rotatable bonds is 15. The lowest BCUT2D eigenvalue weighted by Crippen LogP contribution is -2.45. The number of para-hydroxylation sites is 1. The number of benzene rings is 2. The second-order valence-corrected chi connectivity index (χ2v) is 10.3. The number of piperidine rings is 1. The quantitative estimate of drug-likeness (QED) is 0.166. The number of nitrogens with zero attached hydrogens (tertiary/aromatic N) is 1. The molecule has 0 saturated carbocycles. The number of carbonyl (C=O) groups is 3. The van der Waals surface area contributed by atoms with Gasteiger partial charge in [0.05, 0.1) is 0 Å². The predicted octanol–water partition coefficient (Wildman–Crippen LogP) is 7.38. The zero-order chi connectivity index (χ0) is 30.0. The van der Waals surface area contributed by atoms with Crippen molar-refractivity contribution in [1.29, 1.82) is 0 Å². The zero-order valence-corrected chi connectivity index (χ0v) is 24.8. The molecule has 10 heteroatoms. The molecular formula is C32H45N3O7. The molecule has 0 aliphatic carbocycles. The fourth-order valence-corrected chi connectivity index (χ4v) is 4.50. The molecule has 2 aromatic rings. The molecule has 0 radical (unpaired) electrons. The maximum absolute atomic E-state index is 12.6. The van der Waals surface area contributed by atoms with Gasteiger partial charge in [0, 0.05) is 38.9 Å². The minimum atomic E-state index is -0.786. The van der Waals surface area contributed by atoms with E-state index in [4.69, 9.17) is 18.9 Å². The summed E-state index contributed by atoms with van der Waals surface area (Å²) in [6.07, 6.45) is 6.67. The van der Waals surface area contributed by atoms with E-state index in [1.54, 1.807) is 29.2 Å². The average molecular weight is 584 g/mol. The Kier molecular flexibility index (Phi) is 14.3. The fraction of sp³-hybridized carbons (Fsp3) is 0.531. The van der Waals surface area contributed by atoms with Gasteiger partial charge in [-0.05, 0) is 42.8 Å². The number of hydrogen-bond donors (Lipinski definition) is 2. The molecule has 10 nitrogen and oxygen atoms in total. The van der Waals surface area contributed by atoms with Gasteiger partial charge >= 0.3 is 18.3 Å². The van der Waals surface area contributed by atoms with Crippen LogP contribution >= 0.6 is 0 Å². The van der Waals surface area contributed by atoms with Gasteiger partial charge < -0.3 is 29.2 Å². The number of ether oxygens (including phenoxy) is 4. The largest absolute Gasteiger partial charge is 0.457 e. The first-order valence-corrected chi connectivity index (χ1v) is 15.2. The van der Waals surface area contributed by atoms with E-state index in [0.717, 1.165) is 18.6 Å². The Hall–Kier alpha value is -3.95. The Morgan fingerprint density at radius 3 is 2.10 bits per heavy atom. The van der Waals surface area contributed by atoms with E-state index in [9.17, 15) is 14.4 Å². The highest BCUT2D eigenvalue weighted by Gasteiger charge is 2.27. The van der Waals surface area contributed by atoms with E-state index < -0.39 is 24.5 Å². The minimum Gasteiger partial charge on any atom is -0.457 e. The summed E-state index contributed by atoms with van der Waals surface area (Å²) in [4.78, 5) is 38.7. The SMILES string of the molecule is CCCCCCCCCNC(=O)OC(CC)NC(=O)OC1CCN(C(=O)Oc2ccc(Oc3ccccc3)cc2)CC1. The molecule has 0 aromatic heterocycles. The van der Waals surface area contributed by atoms with Crippen molar-refractivity contribution < 1.29 is 33.3 Å². The van der Waals surface area contributed by atoms with E-state index in [1.165, 1.54) is 32.1 Å². The van der Waals surface area contributed by atoms with Crippen LogP contribution in [0.25, 0.3) is 0 Å². The highest BCUT2D eigenvalue weighted by Crippen LogP contribution is 2.24. The molecule has 3 rings (SSSR count). The molecule has 1 aliphatic heterocycles. The number of unbranched alkanes of at least 4 members (excludes halogenated alkanes) is 6. The summed E-state index contributed by atoms with van der Waals surface area (Å²) in [5.41, 5.74) is 0. The lowest BCUT2D eigenvalue weighted by Gasteiger charge is -2.31. The van der Waals surface area contributed by atoms with Crippen molar-refractivity contribution in [3.8, 4) is 17.2 Å². The summed E-state index contributed by atoms with van der Waals surface area (Å²) >= 11 is 0. The van der Waals surface area contributed by atoms with Gasteiger partial charge in [-0.15, -0.1) is 0 Å². The Morgan fingerprint density at radius 2 is 1.43 bits per heavy atom. The van der Waals surface area contributed by atoms with Crippen molar-refractivity contribution in [3.05, 3.63) is 54.6 Å². The predicted molar refractivity (Wildman–Crippen MR) is 160 cm³/mol. The van der Waals surface area contributed by atoms with Crippen LogP contribution in [0.5, 0.6) is 17.2 Å². The Bertz CT molecular complexity index is 1070. The summed E-state index contributed by atoms with van der Waals surface area (Å²) in [5.74, 6) is 1.77. The van der Waals surface area contributed by atoms with Gasteiger partial charge in [0.25, 0.3) is 0 Å². The maximum atomic E-state index is 12.6. The van der Waals surface area contributed by atoms with Gasteiger partial charge in [-0.1, -0.05) is 70.6 Å². The maximum Gasteiger partial charge on any atom is 0.415 e. The van der Waals surface area contributed by atoms with Crippen LogP contribution < -0.4 is 20.1 Å². The fourth-order valence-electron chi connectivity index (χ4n) is 4.50. The highest BCUT2D eigenvalue weighted by atomic mass is 16.6. The summed E-state index contributed by atoms with van der Waals surface area (Å²) in [7, 11) is 0. The molecule has 1 saturated heterocycles. The Labute approximate surface area is 249 Å². The van der Waals surface area contributed by atoms with Crippen LogP contribution in [-0.2, 0) is 9.47 Å². The standard InChI is InChI=1S/C32H45N3O7/c1-3-5-6-7-8-9-13-22-33-30(36)42-29(4-2)34-31(37)40-28-20-23-35(24-21-28)32(38)41-27-18-16-26(17-19-27)39-25-14-11-10-12-15-25/h10-12,14-19,28-29H,3-9,13,20-24H2,1-2H3,(H,33,36)(H,34,37).